The zero-order valence-electron chi connectivity index (χ0n) is 16.7. The summed E-state index contributed by atoms with van der Waals surface area (Å²) in [5, 5.41) is 11.1. The molecule has 2 rings (SSSR count). The minimum absolute atomic E-state index is 0. The van der Waals surface area contributed by atoms with Crippen LogP contribution in [0.1, 0.15) is 31.4 Å². The molecule has 2 N–H and O–H groups in total. The van der Waals surface area contributed by atoms with Crippen LogP contribution in [-0.4, -0.2) is 53.9 Å². The Morgan fingerprint density at radius 1 is 1.11 bits per heavy atom. The van der Waals surface area contributed by atoms with Gasteiger partial charge in [0.1, 0.15) is 0 Å². The summed E-state index contributed by atoms with van der Waals surface area (Å²) < 4.78 is 1.94. The predicted octanol–water partition coefficient (Wildman–Crippen LogP) is 2.95. The first-order valence-electron chi connectivity index (χ1n) is 9.47. The van der Waals surface area contributed by atoms with Gasteiger partial charge in [0, 0.05) is 32.5 Å². The van der Waals surface area contributed by atoms with Crippen molar-refractivity contribution in [1.82, 2.24) is 25.3 Å². The smallest absolute Gasteiger partial charge is 0.191 e. The van der Waals surface area contributed by atoms with Crippen molar-refractivity contribution < 1.29 is 0 Å². The summed E-state index contributed by atoms with van der Waals surface area (Å²) in [5.41, 5.74) is 2.52. The number of guanidine groups is 1. The topological polar surface area (TPSA) is 57.5 Å². The van der Waals surface area contributed by atoms with Gasteiger partial charge in [0.2, 0.25) is 0 Å². The molecular weight excluding hydrogens is 451 g/mol. The molecule has 0 spiro atoms. The van der Waals surface area contributed by atoms with Crippen LogP contribution < -0.4 is 10.6 Å². The number of aliphatic imine (C=N–C) groups is 1. The van der Waals surface area contributed by atoms with Crippen LogP contribution in [0.3, 0.4) is 0 Å². The lowest BCUT2D eigenvalue weighted by molar-refractivity contribution is 0.300. The fraction of sp³-hybridized carbons (Fsp3) is 0.500. The molecule has 2 aromatic rings. The van der Waals surface area contributed by atoms with Crippen molar-refractivity contribution in [2.24, 2.45) is 4.99 Å². The van der Waals surface area contributed by atoms with Crippen LogP contribution >= 0.6 is 24.0 Å². The van der Waals surface area contributed by atoms with Crippen molar-refractivity contribution in [3.63, 3.8) is 0 Å². The molecule has 27 heavy (non-hydrogen) atoms. The second kappa shape index (κ2) is 13.5. The first kappa shape index (κ1) is 23.4. The summed E-state index contributed by atoms with van der Waals surface area (Å²) in [4.78, 5) is 6.76. The molecule has 6 nitrogen and oxygen atoms in total. The van der Waals surface area contributed by atoms with Gasteiger partial charge in [-0.1, -0.05) is 38.1 Å². The minimum atomic E-state index is 0. The fourth-order valence-corrected chi connectivity index (χ4v) is 2.90. The molecule has 1 aromatic heterocycles. The maximum atomic E-state index is 4.33. The monoisotopic (exact) mass is 484 g/mol. The summed E-state index contributed by atoms with van der Waals surface area (Å²) in [6, 6.07) is 10.4. The Kier molecular flexibility index (Phi) is 11.8. The van der Waals surface area contributed by atoms with Crippen LogP contribution in [0.4, 0.5) is 0 Å². The van der Waals surface area contributed by atoms with Gasteiger partial charge < -0.3 is 15.5 Å². The van der Waals surface area contributed by atoms with Crippen LogP contribution in [0.5, 0.6) is 0 Å². The van der Waals surface area contributed by atoms with Crippen molar-refractivity contribution in [2.45, 2.75) is 33.4 Å². The molecule has 150 valence electrons. The SMILES string of the molecule is CCN(CC)CCCNC(=NC)NCc1ccccc1Cn1cccn1.I. The van der Waals surface area contributed by atoms with Gasteiger partial charge in [-0.15, -0.1) is 24.0 Å². The zero-order valence-corrected chi connectivity index (χ0v) is 19.0. The fourth-order valence-electron chi connectivity index (χ4n) is 2.90. The summed E-state index contributed by atoms with van der Waals surface area (Å²) in [6.07, 6.45) is 4.91. The highest BCUT2D eigenvalue weighted by atomic mass is 127. The van der Waals surface area contributed by atoms with E-state index in [1.807, 2.05) is 30.2 Å². The van der Waals surface area contributed by atoms with Gasteiger partial charge in [0.15, 0.2) is 5.96 Å². The van der Waals surface area contributed by atoms with Gasteiger partial charge >= 0.3 is 0 Å². The molecule has 0 saturated carbocycles. The summed E-state index contributed by atoms with van der Waals surface area (Å²) >= 11 is 0. The van der Waals surface area contributed by atoms with Crippen molar-refractivity contribution in [3.05, 3.63) is 53.9 Å². The molecule has 7 heteroatoms. The average molecular weight is 484 g/mol. The Hall–Kier alpha value is -1.61. The van der Waals surface area contributed by atoms with Crippen molar-refractivity contribution in [1.29, 1.82) is 0 Å². The molecular formula is C20H33IN6. The molecule has 0 aliphatic rings. The molecule has 0 radical (unpaired) electrons. The number of benzene rings is 1. The highest BCUT2D eigenvalue weighted by Gasteiger charge is 2.05. The van der Waals surface area contributed by atoms with Crippen molar-refractivity contribution in [2.75, 3.05) is 33.2 Å². The molecule has 0 aliphatic heterocycles. The lowest BCUT2D eigenvalue weighted by Gasteiger charge is -2.18. The third kappa shape index (κ3) is 8.30. The van der Waals surface area contributed by atoms with E-state index >= 15 is 0 Å². The molecule has 1 aromatic carbocycles. The van der Waals surface area contributed by atoms with Crippen LogP contribution in [0.25, 0.3) is 0 Å². The number of hydrogen-bond acceptors (Lipinski definition) is 3. The Morgan fingerprint density at radius 3 is 2.48 bits per heavy atom. The first-order valence-corrected chi connectivity index (χ1v) is 9.47. The number of nitrogens with zero attached hydrogens (tertiary/aromatic N) is 4. The highest BCUT2D eigenvalue weighted by molar-refractivity contribution is 14.0. The normalized spacial score (nSPS) is 11.3. The van der Waals surface area contributed by atoms with E-state index in [-0.39, 0.29) is 24.0 Å². The van der Waals surface area contributed by atoms with Crippen LogP contribution in [0, 0.1) is 0 Å². The minimum Gasteiger partial charge on any atom is -0.356 e. The average Bonchev–Trinajstić information content (AvgIpc) is 3.18. The Bertz CT molecular complexity index is 652. The van der Waals surface area contributed by atoms with Gasteiger partial charge in [0.05, 0.1) is 6.54 Å². The first-order chi connectivity index (χ1) is 12.8. The summed E-state index contributed by atoms with van der Waals surface area (Å²) in [7, 11) is 1.81. The van der Waals surface area contributed by atoms with Crippen molar-refractivity contribution in [3.8, 4) is 0 Å². The largest absolute Gasteiger partial charge is 0.356 e. The molecule has 1 heterocycles. The van der Waals surface area contributed by atoms with Gasteiger partial charge in [-0.25, -0.2) is 0 Å². The van der Waals surface area contributed by atoms with E-state index in [9.17, 15) is 0 Å². The number of rotatable bonds is 10. The van der Waals surface area contributed by atoms with E-state index in [0.29, 0.717) is 0 Å². The second-order valence-corrected chi connectivity index (χ2v) is 6.21. The molecule has 0 aliphatic carbocycles. The number of hydrogen-bond donors (Lipinski definition) is 2. The van der Waals surface area contributed by atoms with E-state index in [0.717, 1.165) is 51.6 Å². The molecule has 0 fully saturated rings. The standard InChI is InChI=1S/C20H32N6.HI/c1-4-25(5-2)14-8-12-22-20(21-3)23-16-18-10-6-7-11-19(18)17-26-15-9-13-24-26;/h6-7,9-11,13,15H,4-5,8,12,14,16-17H2,1-3H3,(H2,21,22,23);1H. The molecule has 0 saturated heterocycles. The molecule has 0 bridgehead atoms. The predicted molar refractivity (Wildman–Crippen MR) is 124 cm³/mol. The van der Waals surface area contributed by atoms with Gasteiger partial charge in [-0.3, -0.25) is 9.67 Å². The Morgan fingerprint density at radius 2 is 1.85 bits per heavy atom. The van der Waals surface area contributed by atoms with Gasteiger partial charge in [-0.05, 0) is 43.2 Å². The third-order valence-corrected chi connectivity index (χ3v) is 4.52. The van der Waals surface area contributed by atoms with Crippen LogP contribution in [-0.2, 0) is 13.1 Å². The van der Waals surface area contributed by atoms with Gasteiger partial charge in [0.25, 0.3) is 0 Å². The quantitative estimate of drug-likeness (QED) is 0.236. The van der Waals surface area contributed by atoms with E-state index < -0.39 is 0 Å². The molecule has 0 amide bonds. The van der Waals surface area contributed by atoms with E-state index in [2.05, 4.69) is 63.7 Å². The summed E-state index contributed by atoms with van der Waals surface area (Å²) in [5.74, 6) is 0.846. The number of nitrogens with one attached hydrogen (secondary N) is 2. The lowest BCUT2D eigenvalue weighted by atomic mass is 10.1. The summed E-state index contributed by atoms with van der Waals surface area (Å²) in [6.45, 7) is 10.2. The Balaban J connectivity index is 0.00000364. The highest BCUT2D eigenvalue weighted by Crippen LogP contribution is 2.10. The zero-order chi connectivity index (χ0) is 18.6. The van der Waals surface area contributed by atoms with Crippen LogP contribution in [0.2, 0.25) is 0 Å². The van der Waals surface area contributed by atoms with Crippen LogP contribution in [0.15, 0.2) is 47.7 Å². The third-order valence-electron chi connectivity index (χ3n) is 4.52. The number of aromatic nitrogens is 2. The maximum Gasteiger partial charge on any atom is 0.191 e. The number of halogens is 1. The molecule has 0 atom stereocenters. The van der Waals surface area contributed by atoms with E-state index in [1.54, 1.807) is 0 Å². The van der Waals surface area contributed by atoms with E-state index in [1.165, 1.54) is 11.1 Å². The second-order valence-electron chi connectivity index (χ2n) is 6.21. The Labute approximate surface area is 180 Å². The van der Waals surface area contributed by atoms with Crippen molar-refractivity contribution >= 4 is 29.9 Å². The maximum absolute atomic E-state index is 4.33. The van der Waals surface area contributed by atoms with Gasteiger partial charge in [-0.2, -0.15) is 5.10 Å². The lowest BCUT2D eigenvalue weighted by Crippen LogP contribution is -2.38. The van der Waals surface area contributed by atoms with E-state index in [4.69, 9.17) is 0 Å². The molecule has 0 unspecified atom stereocenters.